The third-order valence-corrected chi connectivity index (χ3v) is 11.7. The number of alkyl halides is 6. The summed E-state index contributed by atoms with van der Waals surface area (Å²) in [4.78, 5) is 3.48. The van der Waals surface area contributed by atoms with E-state index in [4.69, 9.17) is 6.57 Å². The molecule has 0 fully saturated rings. The molecule has 10 rings (SSSR count). The summed E-state index contributed by atoms with van der Waals surface area (Å²) >= 11 is 0. The van der Waals surface area contributed by atoms with Crippen molar-refractivity contribution in [1.29, 1.82) is 10.5 Å². The van der Waals surface area contributed by atoms with Gasteiger partial charge in [0.05, 0.1) is 68.3 Å². The molecule has 0 spiro atoms. The summed E-state index contributed by atoms with van der Waals surface area (Å²) in [5.41, 5.74) is 3.28. The van der Waals surface area contributed by atoms with E-state index in [1.165, 1.54) is 12.1 Å². The van der Waals surface area contributed by atoms with Crippen LogP contribution in [0, 0.1) is 29.2 Å². The van der Waals surface area contributed by atoms with E-state index < -0.39 is 29.0 Å². The van der Waals surface area contributed by atoms with Crippen LogP contribution < -0.4 is 0 Å². The maximum Gasteiger partial charge on any atom is 0.417 e. The summed E-state index contributed by atoms with van der Waals surface area (Å²) in [5, 5.41) is 23.6. The molecule has 0 atom stereocenters. The van der Waals surface area contributed by atoms with Crippen LogP contribution in [0.3, 0.4) is 0 Å². The highest BCUT2D eigenvalue weighted by molar-refractivity contribution is 6.12. The molecule has 0 saturated carbocycles. The molecule has 0 unspecified atom stereocenters. The second-order valence-corrected chi connectivity index (χ2v) is 15.3. The number of aromatic nitrogens is 2. The molecule has 64 heavy (non-hydrogen) atoms. The topological polar surface area (TPSA) is 61.8 Å². The molecule has 0 aliphatic heterocycles. The number of fused-ring (bicyclic) bond motifs is 6. The van der Waals surface area contributed by atoms with E-state index in [2.05, 4.69) is 17.0 Å². The second-order valence-electron chi connectivity index (χ2n) is 15.3. The van der Waals surface area contributed by atoms with Crippen LogP contribution in [0.2, 0.25) is 0 Å². The fourth-order valence-corrected chi connectivity index (χ4v) is 8.73. The maximum atomic E-state index is 15.3. The Labute approximate surface area is 360 Å². The Hall–Kier alpha value is -8.59. The smallest absolute Gasteiger partial charge is 0.309 e. The van der Waals surface area contributed by atoms with Gasteiger partial charge in [0, 0.05) is 27.1 Å². The highest BCUT2D eigenvalue weighted by Gasteiger charge is 2.39. The summed E-state index contributed by atoms with van der Waals surface area (Å²) in [5.74, 6) is 0. The summed E-state index contributed by atoms with van der Waals surface area (Å²) in [6, 6.07) is 49.1. The largest absolute Gasteiger partial charge is 0.417 e. The highest BCUT2D eigenvalue weighted by atomic mass is 19.4. The minimum atomic E-state index is -5.23. The summed E-state index contributed by atoms with van der Waals surface area (Å²) in [6.45, 7) is 7.39. The van der Waals surface area contributed by atoms with E-state index in [-0.39, 0.29) is 28.6 Å². The van der Waals surface area contributed by atoms with E-state index in [0.717, 1.165) is 49.9 Å². The molecule has 306 valence electrons. The Bertz CT molecular complexity index is 3670. The maximum absolute atomic E-state index is 15.3. The van der Waals surface area contributed by atoms with Crippen molar-refractivity contribution in [3.8, 4) is 56.9 Å². The van der Waals surface area contributed by atoms with Gasteiger partial charge in [-0.2, -0.15) is 36.9 Å². The predicted octanol–water partition coefficient (Wildman–Crippen LogP) is 15.2. The van der Waals surface area contributed by atoms with Crippen LogP contribution in [0.15, 0.2) is 164 Å². The lowest BCUT2D eigenvalue weighted by Gasteiger charge is -2.22. The van der Waals surface area contributed by atoms with Crippen molar-refractivity contribution in [3.63, 3.8) is 0 Å². The minimum absolute atomic E-state index is 0.0707. The van der Waals surface area contributed by atoms with Gasteiger partial charge in [-0.1, -0.05) is 103 Å². The Morgan fingerprint density at radius 1 is 0.453 bits per heavy atom. The van der Waals surface area contributed by atoms with Gasteiger partial charge in [0.25, 0.3) is 0 Å². The van der Waals surface area contributed by atoms with Gasteiger partial charge in [-0.05, 0) is 88.5 Å². The zero-order valence-electron chi connectivity index (χ0n) is 33.1. The highest BCUT2D eigenvalue weighted by Crippen LogP contribution is 2.46. The van der Waals surface area contributed by atoms with Gasteiger partial charge in [-0.25, -0.2) is 4.85 Å². The molecule has 0 N–H and O–H groups in total. The first-order valence-electron chi connectivity index (χ1n) is 19.8. The zero-order valence-corrected chi connectivity index (χ0v) is 33.1. The lowest BCUT2D eigenvalue weighted by molar-refractivity contribution is -0.142. The predicted molar refractivity (Wildman–Crippen MR) is 237 cm³/mol. The summed E-state index contributed by atoms with van der Waals surface area (Å²) < 4.78 is 91.9. The molecule has 2 heterocycles. The molecular formula is C53H27F6N5. The number of rotatable bonds is 5. The van der Waals surface area contributed by atoms with E-state index in [9.17, 15) is 23.7 Å². The van der Waals surface area contributed by atoms with Crippen molar-refractivity contribution < 1.29 is 26.3 Å². The van der Waals surface area contributed by atoms with Crippen molar-refractivity contribution in [2.75, 3.05) is 0 Å². The fraction of sp³-hybridized carbons (Fsp3) is 0.0377. The van der Waals surface area contributed by atoms with Crippen molar-refractivity contribution in [2.45, 2.75) is 12.4 Å². The number of para-hydroxylation sites is 2. The number of halogens is 6. The molecule has 0 amide bonds. The van der Waals surface area contributed by atoms with Crippen molar-refractivity contribution >= 4 is 49.3 Å². The fourth-order valence-electron chi connectivity index (χ4n) is 8.73. The number of nitriles is 2. The lowest BCUT2D eigenvalue weighted by Crippen LogP contribution is -2.13. The van der Waals surface area contributed by atoms with Crippen molar-refractivity contribution in [2.24, 2.45) is 0 Å². The third-order valence-electron chi connectivity index (χ3n) is 11.7. The molecule has 2 aromatic heterocycles. The number of hydrogen-bond acceptors (Lipinski definition) is 2. The standard InChI is InChI=1S/C53H27F6N5/c1-62-38-19-14-33(15-20-38)35-17-22-43-41-7-3-5-9-47(41)64(50(43)25-35)51-26-36(30-61)48(28-44(51)39-23-18-37(52(54,55)56)27-45(39)53(57,58)59)63-46-8-4-2-6-40(46)42-21-16-34(24-49(42)63)32-12-10-31(29-60)11-13-32/h2-28H. The molecule has 11 heteroatoms. The van der Waals surface area contributed by atoms with Gasteiger partial charge >= 0.3 is 12.4 Å². The molecular weight excluding hydrogens is 821 g/mol. The SMILES string of the molecule is [C-]#[N+]c1ccc(-c2ccc3c4ccccc4n(-c4cc(C#N)c(-n5c6ccccc6c6ccc(-c7ccc(C#N)cc7)cc65)cc4-c4ccc(C(F)(F)F)cc4C(F)(F)F)c3c2)cc1. The molecule has 5 nitrogen and oxygen atoms in total. The van der Waals surface area contributed by atoms with Gasteiger partial charge in [0.2, 0.25) is 0 Å². The first-order valence-corrected chi connectivity index (χ1v) is 19.8. The molecule has 0 aliphatic rings. The van der Waals surface area contributed by atoms with Gasteiger partial charge in [-0.3, -0.25) is 0 Å². The van der Waals surface area contributed by atoms with E-state index in [1.807, 2.05) is 84.9 Å². The first-order chi connectivity index (χ1) is 30.9. The number of hydrogen-bond donors (Lipinski definition) is 0. The molecule has 0 saturated heterocycles. The van der Waals surface area contributed by atoms with E-state index in [1.54, 1.807) is 57.7 Å². The van der Waals surface area contributed by atoms with E-state index >= 15 is 13.2 Å². The quantitative estimate of drug-likeness (QED) is 0.128. The number of benzene rings is 8. The Morgan fingerprint density at radius 3 is 1.48 bits per heavy atom. The van der Waals surface area contributed by atoms with Crippen LogP contribution in [0.1, 0.15) is 22.3 Å². The minimum Gasteiger partial charge on any atom is -0.309 e. The van der Waals surface area contributed by atoms with E-state index in [0.29, 0.717) is 39.4 Å². The lowest BCUT2D eigenvalue weighted by atomic mass is 9.93. The van der Waals surface area contributed by atoms with Gasteiger partial charge in [0.15, 0.2) is 5.69 Å². The molecule has 0 aliphatic carbocycles. The molecule has 10 aromatic rings. The zero-order chi connectivity index (χ0) is 44.5. The van der Waals surface area contributed by atoms with Crippen LogP contribution >= 0.6 is 0 Å². The summed E-state index contributed by atoms with van der Waals surface area (Å²) in [7, 11) is 0. The Balaban J connectivity index is 1.33. The molecule has 0 bridgehead atoms. The molecule has 8 aromatic carbocycles. The normalized spacial score (nSPS) is 11.9. The van der Waals surface area contributed by atoms with Crippen LogP contribution in [-0.4, -0.2) is 9.13 Å². The van der Waals surface area contributed by atoms with Crippen molar-refractivity contribution in [3.05, 3.63) is 197 Å². The van der Waals surface area contributed by atoms with Gasteiger partial charge in [0.1, 0.15) is 6.07 Å². The average Bonchev–Trinajstić information content (AvgIpc) is 3.82. The summed E-state index contributed by atoms with van der Waals surface area (Å²) in [6.07, 6.45) is -10.3. The van der Waals surface area contributed by atoms with Crippen LogP contribution in [-0.2, 0) is 12.4 Å². The monoisotopic (exact) mass is 847 g/mol. The first kappa shape index (κ1) is 39.5. The van der Waals surface area contributed by atoms with Gasteiger partial charge < -0.3 is 9.13 Å². The average molecular weight is 848 g/mol. The Kier molecular flexibility index (Phi) is 9.14. The Morgan fingerprint density at radius 2 is 0.969 bits per heavy atom. The third kappa shape index (κ3) is 6.48. The van der Waals surface area contributed by atoms with Crippen LogP contribution in [0.25, 0.3) is 93.2 Å². The van der Waals surface area contributed by atoms with Crippen LogP contribution in [0.4, 0.5) is 32.0 Å². The van der Waals surface area contributed by atoms with Crippen molar-refractivity contribution in [1.82, 2.24) is 9.13 Å². The van der Waals surface area contributed by atoms with Crippen LogP contribution in [0.5, 0.6) is 0 Å². The number of nitrogens with zero attached hydrogens (tertiary/aromatic N) is 5. The second kappa shape index (κ2) is 14.8. The molecule has 0 radical (unpaired) electrons. The van der Waals surface area contributed by atoms with Gasteiger partial charge in [-0.15, -0.1) is 0 Å².